The zero-order valence-electron chi connectivity index (χ0n) is 10.2. The molecule has 0 radical (unpaired) electrons. The lowest BCUT2D eigenvalue weighted by Gasteiger charge is -2.48. The van der Waals surface area contributed by atoms with Crippen LogP contribution in [-0.4, -0.2) is 5.78 Å². The van der Waals surface area contributed by atoms with Crippen molar-refractivity contribution < 1.29 is 4.79 Å². The molecule has 0 heterocycles. The van der Waals surface area contributed by atoms with Crippen LogP contribution in [0.5, 0.6) is 0 Å². The molecule has 3 aliphatic rings. The first-order valence-corrected chi connectivity index (χ1v) is 6.99. The first-order valence-electron chi connectivity index (χ1n) is 6.99. The average Bonchev–Trinajstić information content (AvgIpc) is 2.75. The molecule has 0 saturated heterocycles. The number of hydrogen-bond acceptors (Lipinski definition) is 1. The number of ketones is 1. The molecule has 16 heavy (non-hydrogen) atoms. The highest BCUT2D eigenvalue weighted by Gasteiger charge is 2.53. The van der Waals surface area contributed by atoms with Crippen LogP contribution in [0.25, 0.3) is 0 Å². The smallest absolute Gasteiger partial charge is 0.143 e. The van der Waals surface area contributed by atoms with Gasteiger partial charge in [-0.25, -0.2) is 0 Å². The standard InChI is InChI=1S/C15H22O/c1-2-15-9-5-8-13(15)12-7-4-3-6-11(12)10-14(15)16/h5,9,11-13H,2-4,6-8,10H2,1H3. The molecule has 0 aromatic rings. The molecular formula is C15H22O. The zero-order valence-corrected chi connectivity index (χ0v) is 10.2. The Morgan fingerprint density at radius 2 is 2.19 bits per heavy atom. The van der Waals surface area contributed by atoms with E-state index in [0.717, 1.165) is 24.7 Å². The molecule has 4 unspecified atom stereocenters. The van der Waals surface area contributed by atoms with Gasteiger partial charge >= 0.3 is 0 Å². The van der Waals surface area contributed by atoms with Gasteiger partial charge < -0.3 is 0 Å². The van der Waals surface area contributed by atoms with Crippen LogP contribution < -0.4 is 0 Å². The molecule has 0 aliphatic heterocycles. The normalized spacial score (nSPS) is 46.6. The second-order valence-corrected chi connectivity index (χ2v) is 5.97. The van der Waals surface area contributed by atoms with Crippen molar-refractivity contribution in [3.8, 4) is 0 Å². The molecular weight excluding hydrogens is 196 g/mol. The molecule has 1 heteroatoms. The molecule has 4 atom stereocenters. The summed E-state index contributed by atoms with van der Waals surface area (Å²) in [5.41, 5.74) is -0.0431. The highest BCUT2D eigenvalue weighted by molar-refractivity contribution is 5.88. The van der Waals surface area contributed by atoms with Crippen LogP contribution in [0.2, 0.25) is 0 Å². The molecule has 0 spiro atoms. The molecule has 3 rings (SSSR count). The summed E-state index contributed by atoms with van der Waals surface area (Å²) in [5.74, 6) is 2.79. The minimum absolute atomic E-state index is 0.0431. The molecule has 0 aromatic carbocycles. The summed E-state index contributed by atoms with van der Waals surface area (Å²) in [6.07, 6.45) is 13.0. The van der Waals surface area contributed by atoms with Gasteiger partial charge in [0.1, 0.15) is 5.78 Å². The van der Waals surface area contributed by atoms with Crippen molar-refractivity contribution in [2.45, 2.75) is 51.9 Å². The number of fused-ring (bicyclic) bond motifs is 3. The second kappa shape index (κ2) is 3.72. The van der Waals surface area contributed by atoms with E-state index in [4.69, 9.17) is 0 Å². The maximum atomic E-state index is 12.4. The maximum absolute atomic E-state index is 12.4. The largest absolute Gasteiger partial charge is 0.299 e. The predicted molar refractivity (Wildman–Crippen MR) is 65.0 cm³/mol. The monoisotopic (exact) mass is 218 g/mol. The van der Waals surface area contributed by atoms with Gasteiger partial charge in [-0.1, -0.05) is 31.9 Å². The Kier molecular flexibility index (Phi) is 2.45. The summed E-state index contributed by atoms with van der Waals surface area (Å²) in [6.45, 7) is 2.20. The van der Waals surface area contributed by atoms with Crippen LogP contribution in [0.3, 0.4) is 0 Å². The van der Waals surface area contributed by atoms with E-state index >= 15 is 0 Å². The van der Waals surface area contributed by atoms with Crippen LogP contribution in [0.1, 0.15) is 51.9 Å². The number of carbonyl (C=O) groups excluding carboxylic acids is 1. The van der Waals surface area contributed by atoms with Crippen molar-refractivity contribution in [1.29, 1.82) is 0 Å². The molecule has 0 N–H and O–H groups in total. The van der Waals surface area contributed by atoms with Gasteiger partial charge in [0.15, 0.2) is 0 Å². The minimum Gasteiger partial charge on any atom is -0.299 e. The van der Waals surface area contributed by atoms with Gasteiger partial charge in [0.2, 0.25) is 0 Å². The van der Waals surface area contributed by atoms with E-state index in [1.54, 1.807) is 0 Å². The zero-order chi connectivity index (χ0) is 11.2. The van der Waals surface area contributed by atoms with Crippen molar-refractivity contribution in [2.24, 2.45) is 23.2 Å². The van der Waals surface area contributed by atoms with Crippen LogP contribution in [0, 0.1) is 23.2 Å². The molecule has 3 aliphatic carbocycles. The van der Waals surface area contributed by atoms with Gasteiger partial charge in [0.05, 0.1) is 0 Å². The molecule has 2 fully saturated rings. The highest BCUT2D eigenvalue weighted by Crippen LogP contribution is 2.56. The van der Waals surface area contributed by atoms with Crippen molar-refractivity contribution >= 4 is 5.78 Å². The third kappa shape index (κ3) is 1.26. The number of carbonyl (C=O) groups is 1. The summed E-state index contributed by atoms with van der Waals surface area (Å²) < 4.78 is 0. The lowest BCUT2D eigenvalue weighted by Crippen LogP contribution is -2.47. The predicted octanol–water partition coefficient (Wildman–Crippen LogP) is 3.74. The summed E-state index contributed by atoms with van der Waals surface area (Å²) in [5, 5.41) is 0. The summed E-state index contributed by atoms with van der Waals surface area (Å²) in [4.78, 5) is 12.4. The molecule has 0 bridgehead atoms. The van der Waals surface area contributed by atoms with E-state index in [0.29, 0.717) is 11.7 Å². The fourth-order valence-electron chi connectivity index (χ4n) is 4.64. The Balaban J connectivity index is 1.94. The van der Waals surface area contributed by atoms with Crippen LogP contribution in [0.4, 0.5) is 0 Å². The van der Waals surface area contributed by atoms with Gasteiger partial charge in [-0.05, 0) is 43.4 Å². The lowest BCUT2D eigenvalue weighted by molar-refractivity contribution is -0.138. The summed E-state index contributed by atoms with van der Waals surface area (Å²) in [7, 11) is 0. The van der Waals surface area contributed by atoms with E-state index < -0.39 is 0 Å². The third-order valence-electron chi connectivity index (χ3n) is 5.50. The number of allylic oxidation sites excluding steroid dienone is 2. The number of hydrogen-bond donors (Lipinski definition) is 0. The first kappa shape index (κ1) is 10.6. The molecule has 88 valence electrons. The molecule has 1 nitrogen and oxygen atoms in total. The van der Waals surface area contributed by atoms with Gasteiger partial charge in [-0.2, -0.15) is 0 Å². The van der Waals surface area contributed by atoms with E-state index in [2.05, 4.69) is 19.1 Å². The molecule has 0 aromatic heterocycles. The minimum atomic E-state index is -0.0431. The Labute approximate surface area is 98.3 Å². The molecule has 2 saturated carbocycles. The van der Waals surface area contributed by atoms with Crippen molar-refractivity contribution in [1.82, 2.24) is 0 Å². The van der Waals surface area contributed by atoms with Gasteiger partial charge in [-0.3, -0.25) is 4.79 Å². The average molecular weight is 218 g/mol. The van der Waals surface area contributed by atoms with Crippen molar-refractivity contribution in [2.75, 3.05) is 0 Å². The Hall–Kier alpha value is -0.590. The van der Waals surface area contributed by atoms with E-state index in [9.17, 15) is 4.79 Å². The molecule has 0 amide bonds. The third-order valence-corrected chi connectivity index (χ3v) is 5.50. The van der Waals surface area contributed by atoms with Crippen LogP contribution in [0.15, 0.2) is 12.2 Å². The van der Waals surface area contributed by atoms with Gasteiger partial charge in [0, 0.05) is 11.8 Å². The summed E-state index contributed by atoms with van der Waals surface area (Å²) >= 11 is 0. The number of Topliss-reactive ketones (excluding diaryl/α,β-unsaturated/α-hetero) is 1. The summed E-state index contributed by atoms with van der Waals surface area (Å²) in [6, 6.07) is 0. The Bertz CT molecular complexity index is 330. The SMILES string of the molecule is CCC12C=CCC1C1CCCCC1CC2=O. The van der Waals surface area contributed by atoms with E-state index in [1.165, 1.54) is 32.1 Å². The van der Waals surface area contributed by atoms with Gasteiger partial charge in [-0.15, -0.1) is 0 Å². The first-order chi connectivity index (χ1) is 7.78. The number of rotatable bonds is 1. The van der Waals surface area contributed by atoms with Crippen molar-refractivity contribution in [3.63, 3.8) is 0 Å². The second-order valence-electron chi connectivity index (χ2n) is 5.97. The van der Waals surface area contributed by atoms with Crippen molar-refractivity contribution in [3.05, 3.63) is 12.2 Å². The Morgan fingerprint density at radius 1 is 1.38 bits per heavy atom. The van der Waals surface area contributed by atoms with E-state index in [-0.39, 0.29) is 5.41 Å². The lowest BCUT2D eigenvalue weighted by atomic mass is 9.55. The fraction of sp³-hybridized carbons (Fsp3) is 0.800. The fourth-order valence-corrected chi connectivity index (χ4v) is 4.64. The van der Waals surface area contributed by atoms with Crippen LogP contribution >= 0.6 is 0 Å². The maximum Gasteiger partial charge on any atom is 0.143 e. The highest BCUT2D eigenvalue weighted by atomic mass is 16.1. The van der Waals surface area contributed by atoms with Crippen LogP contribution in [-0.2, 0) is 4.79 Å². The quantitative estimate of drug-likeness (QED) is 0.613. The topological polar surface area (TPSA) is 17.1 Å². The van der Waals surface area contributed by atoms with E-state index in [1.807, 2.05) is 0 Å². The van der Waals surface area contributed by atoms with Gasteiger partial charge in [0.25, 0.3) is 0 Å². The Morgan fingerprint density at radius 3 is 3.00 bits per heavy atom.